The molecule has 0 fully saturated rings. The smallest absolute Gasteiger partial charge is 0.174 e. The Bertz CT molecular complexity index is 695. The first-order valence-electron chi connectivity index (χ1n) is 6.50. The Labute approximate surface area is 110 Å². The van der Waals surface area contributed by atoms with Gasteiger partial charge in [0.15, 0.2) is 11.6 Å². The molecular weight excluding hydrogens is 240 g/mol. The van der Waals surface area contributed by atoms with Gasteiger partial charge in [-0.2, -0.15) is 0 Å². The van der Waals surface area contributed by atoms with Gasteiger partial charge >= 0.3 is 0 Å². The third-order valence-electron chi connectivity index (χ3n) is 4.14. The number of carbonyl (C=O) groups is 2. The van der Waals surface area contributed by atoms with Crippen LogP contribution in [0.15, 0.2) is 34.9 Å². The minimum Gasteiger partial charge on any atom is -0.469 e. The molecule has 2 aliphatic carbocycles. The maximum absolute atomic E-state index is 12.4. The summed E-state index contributed by atoms with van der Waals surface area (Å²) in [5, 5.41) is 0. The van der Waals surface area contributed by atoms with E-state index in [1.54, 1.807) is 12.3 Å². The Balaban J connectivity index is 1.81. The van der Waals surface area contributed by atoms with Crippen molar-refractivity contribution >= 4 is 11.6 Å². The zero-order valence-corrected chi connectivity index (χ0v) is 10.3. The second kappa shape index (κ2) is 3.67. The normalized spacial score (nSPS) is 20.7. The molecule has 1 aromatic carbocycles. The topological polar surface area (TPSA) is 47.3 Å². The van der Waals surface area contributed by atoms with E-state index in [0.29, 0.717) is 18.6 Å². The Kier molecular flexibility index (Phi) is 2.07. The van der Waals surface area contributed by atoms with Gasteiger partial charge in [-0.15, -0.1) is 0 Å². The van der Waals surface area contributed by atoms with Crippen molar-refractivity contribution in [1.29, 1.82) is 0 Å². The van der Waals surface area contributed by atoms with E-state index in [1.165, 1.54) is 0 Å². The lowest BCUT2D eigenvalue weighted by molar-refractivity contribution is 0.0962. The Morgan fingerprint density at radius 2 is 1.89 bits per heavy atom. The summed E-state index contributed by atoms with van der Waals surface area (Å²) in [7, 11) is 0. The molecule has 2 aliphatic rings. The lowest BCUT2D eigenvalue weighted by Gasteiger charge is -2.02. The van der Waals surface area contributed by atoms with Crippen LogP contribution in [0, 0.1) is 0 Å². The second-order valence-corrected chi connectivity index (χ2v) is 5.23. The zero-order chi connectivity index (χ0) is 13.0. The van der Waals surface area contributed by atoms with E-state index in [9.17, 15) is 9.59 Å². The fraction of sp³-hybridized carbons (Fsp3) is 0.250. The number of rotatable bonds is 1. The van der Waals surface area contributed by atoms with Gasteiger partial charge in [0.05, 0.1) is 12.2 Å². The van der Waals surface area contributed by atoms with Crippen molar-refractivity contribution in [3.05, 3.63) is 58.5 Å². The fourth-order valence-corrected chi connectivity index (χ4v) is 3.16. The molecule has 0 N–H and O–H groups in total. The molecule has 4 rings (SSSR count). The third-order valence-corrected chi connectivity index (χ3v) is 4.14. The van der Waals surface area contributed by atoms with Gasteiger partial charge in [0.1, 0.15) is 5.76 Å². The highest BCUT2D eigenvalue weighted by Crippen LogP contribution is 2.37. The molecule has 3 nitrogen and oxygen atoms in total. The highest BCUT2D eigenvalue weighted by molar-refractivity contribution is 6.08. The number of furan rings is 1. The van der Waals surface area contributed by atoms with Crippen molar-refractivity contribution < 1.29 is 14.0 Å². The number of fused-ring (bicyclic) bond motifs is 2. The van der Waals surface area contributed by atoms with E-state index < -0.39 is 0 Å². The van der Waals surface area contributed by atoms with Crippen LogP contribution in [0.2, 0.25) is 0 Å². The highest BCUT2D eigenvalue weighted by atomic mass is 16.3. The van der Waals surface area contributed by atoms with Crippen LogP contribution in [-0.4, -0.2) is 11.6 Å². The molecule has 0 saturated carbocycles. The summed E-state index contributed by atoms with van der Waals surface area (Å²) in [6, 6.07) is 7.48. The predicted octanol–water partition coefficient (Wildman–Crippen LogP) is 2.93. The van der Waals surface area contributed by atoms with Crippen molar-refractivity contribution in [2.45, 2.75) is 25.2 Å². The maximum atomic E-state index is 12.4. The molecule has 0 amide bonds. The van der Waals surface area contributed by atoms with E-state index >= 15 is 0 Å². The average molecular weight is 252 g/mol. The molecule has 2 aromatic rings. The van der Waals surface area contributed by atoms with Crippen molar-refractivity contribution in [3.63, 3.8) is 0 Å². The summed E-state index contributed by atoms with van der Waals surface area (Å²) in [4.78, 5) is 24.2. The number of hydrogen-bond acceptors (Lipinski definition) is 3. The molecule has 1 unspecified atom stereocenters. The average Bonchev–Trinajstić information content (AvgIpc) is 3.10. The van der Waals surface area contributed by atoms with Gasteiger partial charge in [0.25, 0.3) is 0 Å². The summed E-state index contributed by atoms with van der Waals surface area (Å²) in [6.45, 7) is 0. The van der Waals surface area contributed by atoms with Crippen LogP contribution in [0.5, 0.6) is 0 Å². The standard InChI is InChI=1S/C16H12O3/c17-14-4-3-9-6-12-10(7-11(9)14)8-13(16(12)18)15-2-1-5-19-15/h1-2,5-7,13H,3-4,8H2. The first-order valence-corrected chi connectivity index (χ1v) is 6.50. The second-order valence-electron chi connectivity index (χ2n) is 5.23. The molecule has 1 aromatic heterocycles. The van der Waals surface area contributed by atoms with Gasteiger partial charge in [-0.05, 0) is 48.2 Å². The lowest BCUT2D eigenvalue weighted by atomic mass is 10.0. The van der Waals surface area contributed by atoms with Crippen LogP contribution in [0.25, 0.3) is 0 Å². The molecule has 1 heterocycles. The number of hydrogen-bond donors (Lipinski definition) is 0. The predicted molar refractivity (Wildman–Crippen MR) is 68.6 cm³/mol. The van der Waals surface area contributed by atoms with Gasteiger partial charge in [-0.25, -0.2) is 0 Å². The van der Waals surface area contributed by atoms with Crippen molar-refractivity contribution in [3.8, 4) is 0 Å². The van der Waals surface area contributed by atoms with Crippen molar-refractivity contribution in [1.82, 2.24) is 0 Å². The zero-order valence-electron chi connectivity index (χ0n) is 10.3. The lowest BCUT2D eigenvalue weighted by Crippen LogP contribution is -2.05. The molecule has 3 heteroatoms. The van der Waals surface area contributed by atoms with Crippen LogP contribution < -0.4 is 0 Å². The van der Waals surface area contributed by atoms with Gasteiger partial charge in [-0.1, -0.05) is 0 Å². The van der Waals surface area contributed by atoms with Crippen LogP contribution in [0.1, 0.15) is 49.9 Å². The molecule has 0 aliphatic heterocycles. The number of benzene rings is 1. The Morgan fingerprint density at radius 3 is 2.68 bits per heavy atom. The van der Waals surface area contributed by atoms with Crippen molar-refractivity contribution in [2.75, 3.05) is 0 Å². The van der Waals surface area contributed by atoms with Crippen molar-refractivity contribution in [2.24, 2.45) is 0 Å². The summed E-state index contributed by atoms with van der Waals surface area (Å²) in [5.41, 5.74) is 3.60. The van der Waals surface area contributed by atoms with Crippen LogP contribution in [0.4, 0.5) is 0 Å². The number of carbonyl (C=O) groups excluding carboxylic acids is 2. The van der Waals surface area contributed by atoms with Gasteiger partial charge in [-0.3, -0.25) is 9.59 Å². The first-order chi connectivity index (χ1) is 9.24. The molecule has 0 bridgehead atoms. The number of aryl methyl sites for hydroxylation is 1. The third kappa shape index (κ3) is 1.44. The molecular formula is C16H12O3. The molecule has 0 spiro atoms. The number of Topliss-reactive ketones (excluding diaryl/α,β-unsaturated/α-hetero) is 2. The van der Waals surface area contributed by atoms with E-state index in [-0.39, 0.29) is 17.5 Å². The molecule has 19 heavy (non-hydrogen) atoms. The quantitative estimate of drug-likeness (QED) is 0.784. The van der Waals surface area contributed by atoms with Gasteiger partial charge < -0.3 is 4.42 Å². The van der Waals surface area contributed by atoms with E-state index in [2.05, 4.69) is 0 Å². The molecule has 0 radical (unpaired) electrons. The largest absolute Gasteiger partial charge is 0.469 e. The summed E-state index contributed by atoms with van der Waals surface area (Å²) in [5.74, 6) is 0.814. The van der Waals surface area contributed by atoms with Crippen LogP contribution in [0.3, 0.4) is 0 Å². The van der Waals surface area contributed by atoms with Gasteiger partial charge in [0, 0.05) is 17.5 Å². The monoisotopic (exact) mass is 252 g/mol. The SMILES string of the molecule is O=C1CCc2cc3c(cc21)CC(c1ccco1)C3=O. The Morgan fingerprint density at radius 1 is 1.05 bits per heavy atom. The molecule has 0 saturated heterocycles. The highest BCUT2D eigenvalue weighted by Gasteiger charge is 2.35. The Hall–Kier alpha value is -2.16. The fourth-order valence-electron chi connectivity index (χ4n) is 3.16. The summed E-state index contributed by atoms with van der Waals surface area (Å²) < 4.78 is 5.35. The number of ketones is 2. The van der Waals surface area contributed by atoms with E-state index in [4.69, 9.17) is 4.42 Å². The molecule has 1 atom stereocenters. The van der Waals surface area contributed by atoms with E-state index in [0.717, 1.165) is 28.7 Å². The summed E-state index contributed by atoms with van der Waals surface area (Å²) >= 11 is 0. The maximum Gasteiger partial charge on any atom is 0.174 e. The summed E-state index contributed by atoms with van der Waals surface area (Å²) in [6.07, 6.45) is 3.57. The minimum absolute atomic E-state index is 0.118. The van der Waals surface area contributed by atoms with Gasteiger partial charge in [0.2, 0.25) is 0 Å². The van der Waals surface area contributed by atoms with Crippen LogP contribution in [-0.2, 0) is 12.8 Å². The first kappa shape index (κ1) is 10.7. The minimum atomic E-state index is -0.220. The molecule has 94 valence electrons. The van der Waals surface area contributed by atoms with E-state index in [1.807, 2.05) is 18.2 Å². The van der Waals surface area contributed by atoms with Crippen LogP contribution >= 0.6 is 0 Å².